The molecule has 2 aromatic rings. The highest BCUT2D eigenvalue weighted by molar-refractivity contribution is 5.93. The van der Waals surface area contributed by atoms with Gasteiger partial charge in [0, 0.05) is 25.4 Å². The summed E-state index contributed by atoms with van der Waals surface area (Å²) >= 11 is 0. The maximum atomic E-state index is 12.8. The van der Waals surface area contributed by atoms with Crippen molar-refractivity contribution in [2.24, 2.45) is 17.8 Å². The molecular formula is C34H50N2O5. The van der Waals surface area contributed by atoms with E-state index in [-0.39, 0.29) is 49.0 Å². The average Bonchev–Trinajstić information content (AvgIpc) is 3.38. The van der Waals surface area contributed by atoms with E-state index < -0.39 is 12.1 Å². The van der Waals surface area contributed by atoms with E-state index in [0.717, 1.165) is 11.5 Å². The van der Waals surface area contributed by atoms with Crippen LogP contribution in [0.2, 0.25) is 0 Å². The van der Waals surface area contributed by atoms with Gasteiger partial charge in [0.1, 0.15) is 18.9 Å². The highest BCUT2D eigenvalue weighted by Gasteiger charge is 2.41. The van der Waals surface area contributed by atoms with E-state index in [2.05, 4.69) is 58.9 Å². The van der Waals surface area contributed by atoms with Crippen LogP contribution in [0.3, 0.4) is 0 Å². The molecule has 0 radical (unpaired) electrons. The summed E-state index contributed by atoms with van der Waals surface area (Å²) in [6.07, 6.45) is -0.272. The number of rotatable bonds is 8. The first-order chi connectivity index (χ1) is 19.2. The van der Waals surface area contributed by atoms with Gasteiger partial charge in [0.2, 0.25) is 5.91 Å². The number of carbonyl (C=O) groups is 4. The van der Waals surface area contributed by atoms with E-state index >= 15 is 0 Å². The lowest BCUT2D eigenvalue weighted by Crippen LogP contribution is -2.47. The highest BCUT2D eigenvalue weighted by Crippen LogP contribution is 2.27. The predicted molar refractivity (Wildman–Crippen MR) is 164 cm³/mol. The fourth-order valence-electron chi connectivity index (χ4n) is 4.09. The van der Waals surface area contributed by atoms with Gasteiger partial charge in [-0.2, -0.15) is 0 Å². The number of hydrogen-bond acceptors (Lipinski definition) is 5. The molecular weight excluding hydrogens is 516 g/mol. The van der Waals surface area contributed by atoms with Gasteiger partial charge in [-0.25, -0.2) is 4.79 Å². The van der Waals surface area contributed by atoms with Crippen molar-refractivity contribution in [3.05, 3.63) is 71.8 Å². The number of likely N-dealkylation sites (N-methyl/N-ethyl adjacent to an activating group) is 1. The normalized spacial score (nSPS) is 16.0. The summed E-state index contributed by atoms with van der Waals surface area (Å²) in [7, 11) is 1.48. The molecule has 7 heteroatoms. The van der Waals surface area contributed by atoms with Crippen LogP contribution in [0, 0.1) is 17.8 Å². The zero-order chi connectivity index (χ0) is 31.1. The van der Waals surface area contributed by atoms with Crippen LogP contribution in [-0.2, 0) is 25.7 Å². The Balaban J connectivity index is 0.000000532. The minimum absolute atomic E-state index is 0.0347. The van der Waals surface area contributed by atoms with Crippen LogP contribution in [0.25, 0.3) is 0 Å². The first-order valence-electron chi connectivity index (χ1n) is 14.5. The van der Waals surface area contributed by atoms with Crippen LogP contribution in [-0.4, -0.2) is 59.5 Å². The van der Waals surface area contributed by atoms with Gasteiger partial charge >= 0.3 is 6.09 Å². The van der Waals surface area contributed by atoms with E-state index in [9.17, 15) is 19.2 Å². The number of hydrogen-bond donors (Lipinski definition) is 0. The number of ketones is 2. The Morgan fingerprint density at radius 3 is 1.83 bits per heavy atom. The Morgan fingerprint density at radius 1 is 0.878 bits per heavy atom. The minimum atomic E-state index is -0.619. The molecule has 0 bridgehead atoms. The molecule has 0 aromatic heterocycles. The zero-order valence-corrected chi connectivity index (χ0v) is 26.4. The van der Waals surface area contributed by atoms with Gasteiger partial charge in [0.05, 0.1) is 6.04 Å². The van der Waals surface area contributed by atoms with Crippen molar-refractivity contribution in [1.29, 1.82) is 0 Å². The number of benzene rings is 2. The molecule has 1 heterocycles. The molecule has 2 amide bonds. The molecule has 1 fully saturated rings. The number of nitrogens with zero attached hydrogens (tertiary/aromatic N) is 2. The summed E-state index contributed by atoms with van der Waals surface area (Å²) in [5.41, 5.74) is 2.26. The van der Waals surface area contributed by atoms with E-state index in [4.69, 9.17) is 4.74 Å². The van der Waals surface area contributed by atoms with E-state index in [1.807, 2.05) is 36.4 Å². The van der Waals surface area contributed by atoms with Crippen molar-refractivity contribution in [3.8, 4) is 0 Å². The lowest BCUT2D eigenvalue weighted by molar-refractivity contribution is -0.139. The van der Waals surface area contributed by atoms with Crippen molar-refractivity contribution >= 4 is 23.6 Å². The number of amides is 2. The number of Topliss-reactive ketones (excluding diaryl/α,β-unsaturated/α-hetero) is 2. The van der Waals surface area contributed by atoms with Crippen molar-refractivity contribution in [3.63, 3.8) is 0 Å². The summed E-state index contributed by atoms with van der Waals surface area (Å²) in [6, 6.07) is 19.2. The third-order valence-electron chi connectivity index (χ3n) is 6.45. The highest BCUT2D eigenvalue weighted by atomic mass is 16.6. The summed E-state index contributed by atoms with van der Waals surface area (Å²) in [4.78, 5) is 51.8. The third kappa shape index (κ3) is 13.2. The molecule has 1 aliphatic heterocycles. The molecule has 226 valence electrons. The van der Waals surface area contributed by atoms with E-state index in [1.54, 1.807) is 13.8 Å². The van der Waals surface area contributed by atoms with Crippen molar-refractivity contribution in [2.45, 2.75) is 80.4 Å². The molecule has 0 aliphatic carbocycles. The molecule has 2 atom stereocenters. The van der Waals surface area contributed by atoms with Crippen LogP contribution in [0.5, 0.6) is 0 Å². The summed E-state index contributed by atoms with van der Waals surface area (Å²) < 4.78 is 5.22. The molecule has 0 N–H and O–H groups in total. The predicted octanol–water partition coefficient (Wildman–Crippen LogP) is 6.76. The summed E-state index contributed by atoms with van der Waals surface area (Å²) in [6.45, 7) is 16.1. The summed E-state index contributed by atoms with van der Waals surface area (Å²) in [5, 5.41) is 0. The van der Waals surface area contributed by atoms with Crippen LogP contribution >= 0.6 is 0 Å². The molecule has 0 spiro atoms. The average molecular weight is 567 g/mol. The molecule has 2 aromatic carbocycles. The maximum absolute atomic E-state index is 12.8. The van der Waals surface area contributed by atoms with Crippen molar-refractivity contribution in [1.82, 2.24) is 9.80 Å². The Bertz CT molecular complexity index is 1080. The first-order valence-corrected chi connectivity index (χ1v) is 14.5. The third-order valence-corrected chi connectivity index (χ3v) is 6.45. The van der Waals surface area contributed by atoms with Crippen molar-refractivity contribution in [2.75, 3.05) is 20.1 Å². The number of carbonyl (C=O) groups excluding carboxylic acids is 4. The van der Waals surface area contributed by atoms with Gasteiger partial charge in [0.25, 0.3) is 0 Å². The second-order valence-electron chi connectivity index (χ2n) is 11.9. The Kier molecular flexibility index (Phi) is 15.7. The number of ether oxygens (including phenoxy) is 1. The Morgan fingerprint density at radius 2 is 1.39 bits per heavy atom. The fourth-order valence-corrected chi connectivity index (χ4v) is 4.09. The molecule has 41 heavy (non-hydrogen) atoms. The monoisotopic (exact) mass is 566 g/mol. The van der Waals surface area contributed by atoms with Gasteiger partial charge in [0.15, 0.2) is 5.78 Å². The quantitative estimate of drug-likeness (QED) is 0.353. The minimum Gasteiger partial charge on any atom is -0.445 e. The van der Waals surface area contributed by atoms with Crippen molar-refractivity contribution < 1.29 is 23.9 Å². The van der Waals surface area contributed by atoms with Gasteiger partial charge in [-0.05, 0) is 36.3 Å². The Labute approximate surface area is 247 Å². The summed E-state index contributed by atoms with van der Waals surface area (Å²) in [5.74, 6) is 0.457. The standard InChI is InChI=1S/C21H28N2O5.C9H12.C4H10/c1-14(2)20(26)18-10-17(15(3)24)11-23(18)19(25)12-22(4)21(27)28-13-16-8-6-5-7-9-16;1-8(2)9-6-4-3-5-7-9;1-4(2)3/h5-9,14,17-18H,10-13H2,1-4H3;3-8H,1-2H3;4H,1-3H3. The van der Waals surface area contributed by atoms with Gasteiger partial charge in [-0.1, -0.05) is 109 Å². The molecule has 1 saturated heterocycles. The molecule has 7 nitrogen and oxygen atoms in total. The lowest BCUT2D eigenvalue weighted by atomic mass is 9.95. The molecule has 2 unspecified atom stereocenters. The van der Waals surface area contributed by atoms with Crippen LogP contribution < -0.4 is 0 Å². The zero-order valence-electron chi connectivity index (χ0n) is 26.4. The second kappa shape index (κ2) is 18.1. The van der Waals surface area contributed by atoms with Gasteiger partial charge in [-0.15, -0.1) is 0 Å². The smallest absolute Gasteiger partial charge is 0.410 e. The topological polar surface area (TPSA) is 84.0 Å². The second-order valence-corrected chi connectivity index (χ2v) is 11.9. The Hall–Kier alpha value is -3.48. The van der Waals surface area contributed by atoms with Gasteiger partial charge < -0.3 is 14.5 Å². The van der Waals surface area contributed by atoms with Crippen LogP contribution in [0.4, 0.5) is 4.79 Å². The largest absolute Gasteiger partial charge is 0.445 e. The van der Waals surface area contributed by atoms with Gasteiger partial charge in [-0.3, -0.25) is 14.4 Å². The van der Waals surface area contributed by atoms with E-state index in [1.165, 1.54) is 29.3 Å². The molecule has 3 rings (SSSR count). The fraction of sp³-hybridized carbons (Fsp3) is 0.529. The first kappa shape index (κ1) is 35.5. The van der Waals surface area contributed by atoms with Crippen LogP contribution in [0.15, 0.2) is 60.7 Å². The van der Waals surface area contributed by atoms with E-state index in [0.29, 0.717) is 12.3 Å². The maximum Gasteiger partial charge on any atom is 0.410 e. The molecule has 1 aliphatic rings. The van der Waals surface area contributed by atoms with Crippen LogP contribution in [0.1, 0.15) is 78.9 Å². The lowest BCUT2D eigenvalue weighted by Gasteiger charge is -2.27. The SMILES string of the molecule is CC(=O)C1CC(C(=O)C(C)C)N(C(=O)CN(C)C(=O)OCc2ccccc2)C1.CC(C)C.CC(C)c1ccccc1. The number of likely N-dealkylation sites (tertiary alicyclic amines) is 1. The molecule has 0 saturated carbocycles.